The normalized spacial score (nSPS) is 11.7. The van der Waals surface area contributed by atoms with Crippen LogP contribution in [0.15, 0.2) is 94.8 Å². The number of nitrogens with zero attached hydrogens (tertiary/aromatic N) is 4. The van der Waals surface area contributed by atoms with Crippen LogP contribution in [0.25, 0.3) is 22.3 Å². The van der Waals surface area contributed by atoms with E-state index in [-0.39, 0.29) is 50.8 Å². The minimum Gasteiger partial charge on any atom is -0.481 e. The molecule has 13 heteroatoms. The maximum atomic E-state index is 14.0. The van der Waals surface area contributed by atoms with Gasteiger partial charge in [0.25, 0.3) is 5.56 Å². The molecule has 1 aromatic heterocycles. The average molecular weight is 597 g/mol. The maximum Gasteiger partial charge on any atom is 0.416 e. The Kier molecular flexibility index (Phi) is 7.72. The fourth-order valence-corrected chi connectivity index (χ4v) is 4.37. The molecular weight excluding hydrogens is 580 g/mol. The van der Waals surface area contributed by atoms with Crippen LogP contribution in [0.2, 0.25) is 5.02 Å². The number of hydrogen-bond acceptors (Lipinski definition) is 6. The van der Waals surface area contributed by atoms with Gasteiger partial charge < -0.3 is 4.74 Å². The van der Waals surface area contributed by atoms with Crippen molar-refractivity contribution >= 4 is 34.4 Å². The van der Waals surface area contributed by atoms with Crippen LogP contribution >= 0.6 is 11.6 Å². The summed E-state index contributed by atoms with van der Waals surface area (Å²) in [6.45, 7) is -0.334. The zero-order chi connectivity index (χ0) is 30.0. The Morgan fingerprint density at radius 1 is 1.02 bits per heavy atom. The molecule has 0 radical (unpaired) electrons. The van der Waals surface area contributed by atoms with Crippen molar-refractivity contribution in [1.29, 1.82) is 0 Å². The Balaban J connectivity index is 1.58. The van der Waals surface area contributed by atoms with Gasteiger partial charge in [0.1, 0.15) is 12.4 Å². The Hall–Kier alpha value is -5.10. The number of hydrogen-bond donors (Lipinski definition) is 0. The van der Waals surface area contributed by atoms with Crippen LogP contribution in [0.5, 0.6) is 5.75 Å². The van der Waals surface area contributed by atoms with E-state index >= 15 is 0 Å². The highest BCUT2D eigenvalue weighted by Gasteiger charge is 2.31. The summed E-state index contributed by atoms with van der Waals surface area (Å²) in [6.07, 6.45) is -3.57. The number of fused-ring (bicyclic) bond motifs is 1. The van der Waals surface area contributed by atoms with E-state index in [0.29, 0.717) is 0 Å². The molecule has 8 nitrogen and oxygen atoms in total. The Morgan fingerprint density at radius 3 is 2.50 bits per heavy atom. The van der Waals surface area contributed by atoms with Crippen molar-refractivity contribution in [3.8, 4) is 17.1 Å². The lowest BCUT2D eigenvalue weighted by Gasteiger charge is -2.12. The largest absolute Gasteiger partial charge is 0.481 e. The average Bonchev–Trinajstić information content (AvgIpc) is 2.96. The number of benzene rings is 4. The monoisotopic (exact) mass is 596 g/mol. The second-order valence-corrected chi connectivity index (χ2v) is 9.29. The molecule has 0 aliphatic heterocycles. The fourth-order valence-electron chi connectivity index (χ4n) is 4.09. The van der Waals surface area contributed by atoms with Crippen LogP contribution < -0.4 is 10.3 Å². The molecule has 42 heavy (non-hydrogen) atoms. The molecule has 1 heterocycles. The third kappa shape index (κ3) is 5.84. The Morgan fingerprint density at radius 2 is 1.76 bits per heavy atom. The fraction of sp³-hybridized carbons (Fsp3) is 0.0690. The topological polar surface area (TPSA) is 99.6 Å². The first kappa shape index (κ1) is 28.4. The quantitative estimate of drug-likeness (QED) is 0.0853. The molecule has 212 valence electrons. The minimum absolute atomic E-state index is 0.0364. The summed E-state index contributed by atoms with van der Waals surface area (Å²) in [5, 5.41) is 15.9. The van der Waals surface area contributed by atoms with E-state index in [1.807, 2.05) is 0 Å². The third-order valence-corrected chi connectivity index (χ3v) is 6.38. The highest BCUT2D eigenvalue weighted by atomic mass is 35.5. The van der Waals surface area contributed by atoms with Crippen LogP contribution in [0.4, 0.5) is 23.2 Å². The SMILES string of the molecule is O=c1c2ccccc2nc(-c2cccc(C(F)(F)F)c2)n1N=Cc1cc(Cl)c(OCc2ccccc2F)c([N+](=O)[O-])c1. The van der Waals surface area contributed by atoms with E-state index in [1.165, 1.54) is 48.5 Å². The van der Waals surface area contributed by atoms with Gasteiger partial charge in [-0.2, -0.15) is 22.9 Å². The first-order valence-electron chi connectivity index (χ1n) is 12.1. The molecule has 4 aromatic carbocycles. The lowest BCUT2D eigenvalue weighted by molar-refractivity contribution is -0.385. The first-order chi connectivity index (χ1) is 20.0. The molecule has 0 aliphatic carbocycles. The standard InChI is InChI=1S/C29H17ClF4N4O4/c30-22-12-17(13-25(38(40)41)26(22)42-16-19-6-1-3-10-23(19)31)15-35-37-27(18-7-5-8-20(14-18)29(32,33)34)36-24-11-4-2-9-21(24)28(37)39/h1-15H,16H2. The van der Waals surface area contributed by atoms with E-state index < -0.39 is 33.7 Å². The van der Waals surface area contributed by atoms with Crippen LogP contribution in [0.1, 0.15) is 16.7 Å². The van der Waals surface area contributed by atoms with Crippen LogP contribution in [0.3, 0.4) is 0 Å². The summed E-state index contributed by atoms with van der Waals surface area (Å²) in [5.74, 6) is -1.06. The number of ether oxygens (including phenoxy) is 1. The summed E-state index contributed by atoms with van der Waals surface area (Å²) in [5.41, 5.74) is -1.77. The second-order valence-electron chi connectivity index (χ2n) is 8.88. The predicted molar refractivity (Wildman–Crippen MR) is 148 cm³/mol. The third-order valence-electron chi connectivity index (χ3n) is 6.10. The van der Waals surface area contributed by atoms with Crippen molar-refractivity contribution in [2.45, 2.75) is 12.8 Å². The summed E-state index contributed by atoms with van der Waals surface area (Å²) in [7, 11) is 0. The molecule has 0 saturated carbocycles. The summed E-state index contributed by atoms with van der Waals surface area (Å²) in [6, 6.07) is 18.6. The van der Waals surface area contributed by atoms with Crippen molar-refractivity contribution in [2.24, 2.45) is 5.10 Å². The molecule has 0 bridgehead atoms. The van der Waals surface area contributed by atoms with Gasteiger partial charge in [-0.05, 0) is 36.4 Å². The highest BCUT2D eigenvalue weighted by molar-refractivity contribution is 6.32. The van der Waals surface area contributed by atoms with Gasteiger partial charge in [-0.1, -0.05) is 54.1 Å². The minimum atomic E-state index is -4.65. The molecule has 0 atom stereocenters. The summed E-state index contributed by atoms with van der Waals surface area (Å²) < 4.78 is 60.5. The number of alkyl halides is 3. The summed E-state index contributed by atoms with van der Waals surface area (Å²) >= 11 is 6.29. The second kappa shape index (κ2) is 11.4. The van der Waals surface area contributed by atoms with Crippen molar-refractivity contribution in [1.82, 2.24) is 9.66 Å². The number of aromatic nitrogens is 2. The van der Waals surface area contributed by atoms with Crippen molar-refractivity contribution < 1.29 is 27.2 Å². The number of para-hydroxylation sites is 1. The zero-order valence-corrected chi connectivity index (χ0v) is 21.9. The first-order valence-corrected chi connectivity index (χ1v) is 12.5. The molecule has 0 spiro atoms. The number of nitro groups is 1. The summed E-state index contributed by atoms with van der Waals surface area (Å²) in [4.78, 5) is 28.8. The smallest absolute Gasteiger partial charge is 0.416 e. The Labute approximate surface area is 239 Å². The van der Waals surface area contributed by atoms with Crippen LogP contribution in [0, 0.1) is 15.9 Å². The molecule has 5 rings (SSSR count). The van der Waals surface area contributed by atoms with E-state index in [0.717, 1.165) is 29.1 Å². The van der Waals surface area contributed by atoms with Gasteiger partial charge in [0.2, 0.25) is 5.75 Å². The number of nitro benzene ring substituents is 1. The maximum absolute atomic E-state index is 14.0. The van der Waals surface area contributed by atoms with E-state index in [2.05, 4.69) is 10.1 Å². The molecule has 0 fully saturated rings. The van der Waals surface area contributed by atoms with Gasteiger partial charge in [-0.25, -0.2) is 9.37 Å². The number of rotatable bonds is 7. The molecule has 0 aliphatic rings. The van der Waals surface area contributed by atoms with Gasteiger partial charge in [-0.3, -0.25) is 14.9 Å². The molecule has 0 unspecified atom stereocenters. The van der Waals surface area contributed by atoms with E-state index in [4.69, 9.17) is 16.3 Å². The molecule has 5 aromatic rings. The van der Waals surface area contributed by atoms with Gasteiger partial charge in [0.05, 0.1) is 32.6 Å². The van der Waals surface area contributed by atoms with Crippen molar-refractivity contribution in [2.75, 3.05) is 0 Å². The van der Waals surface area contributed by atoms with Crippen molar-refractivity contribution in [3.63, 3.8) is 0 Å². The molecule has 0 saturated heterocycles. The van der Waals surface area contributed by atoms with Gasteiger partial charge in [0.15, 0.2) is 5.82 Å². The van der Waals surface area contributed by atoms with Crippen LogP contribution in [-0.2, 0) is 12.8 Å². The molecular formula is C29H17ClF4N4O4. The number of halogens is 5. The zero-order valence-electron chi connectivity index (χ0n) is 21.2. The predicted octanol–water partition coefficient (Wildman–Crippen LogP) is 7.24. The van der Waals surface area contributed by atoms with Gasteiger partial charge in [0, 0.05) is 22.8 Å². The Bertz CT molecular complexity index is 1930. The lowest BCUT2D eigenvalue weighted by atomic mass is 10.1. The van der Waals surface area contributed by atoms with Gasteiger partial charge in [-0.15, -0.1) is 0 Å². The van der Waals surface area contributed by atoms with E-state index in [1.54, 1.807) is 18.2 Å². The van der Waals surface area contributed by atoms with Gasteiger partial charge >= 0.3 is 11.9 Å². The lowest BCUT2D eigenvalue weighted by Crippen LogP contribution is -2.20. The molecule has 0 N–H and O–H groups in total. The van der Waals surface area contributed by atoms with E-state index in [9.17, 15) is 32.5 Å². The van der Waals surface area contributed by atoms with Crippen molar-refractivity contribution in [3.05, 3.63) is 133 Å². The highest BCUT2D eigenvalue weighted by Crippen LogP contribution is 2.37. The molecule has 0 amide bonds. The van der Waals surface area contributed by atoms with Crippen LogP contribution in [-0.4, -0.2) is 20.8 Å².